The van der Waals surface area contributed by atoms with Crippen LogP contribution in [0.5, 0.6) is 0 Å². The molecule has 0 unspecified atom stereocenters. The van der Waals surface area contributed by atoms with Crippen molar-refractivity contribution in [2.45, 2.75) is 11.8 Å². The van der Waals surface area contributed by atoms with Crippen molar-refractivity contribution in [3.8, 4) is 0 Å². The molecule has 110 valence electrons. The molecule has 21 heavy (non-hydrogen) atoms. The van der Waals surface area contributed by atoms with Crippen LogP contribution in [0.4, 0.5) is 11.5 Å². The Labute approximate surface area is 130 Å². The number of amides is 1. The number of carbonyl (C=O) groups excluding carboxylic acids is 1. The molecule has 0 aliphatic heterocycles. The Morgan fingerprint density at radius 3 is 2.33 bits per heavy atom. The number of hydrogen-bond donors (Lipinski definition) is 2. The molecule has 6 nitrogen and oxygen atoms in total. The molecule has 0 saturated heterocycles. The predicted molar refractivity (Wildman–Crippen MR) is 83.5 cm³/mol. The first-order valence-electron chi connectivity index (χ1n) is 5.89. The van der Waals surface area contributed by atoms with E-state index in [1.165, 1.54) is 37.4 Å². The minimum atomic E-state index is -3.71. The smallest absolute Gasteiger partial charge is 0.263 e. The third-order valence-corrected chi connectivity index (χ3v) is 4.29. The highest BCUT2D eigenvalue weighted by Gasteiger charge is 2.14. The van der Waals surface area contributed by atoms with Gasteiger partial charge in [-0.25, -0.2) is 13.4 Å². The van der Waals surface area contributed by atoms with Crippen LogP contribution in [0.2, 0.25) is 0 Å². The Balaban J connectivity index is 2.19. The fourth-order valence-corrected chi connectivity index (χ4v) is 2.80. The predicted octanol–water partition coefficient (Wildman–Crippen LogP) is 2.60. The van der Waals surface area contributed by atoms with Crippen LogP contribution in [-0.2, 0) is 14.8 Å². The highest BCUT2D eigenvalue weighted by Crippen LogP contribution is 2.18. The molecule has 0 atom stereocenters. The third kappa shape index (κ3) is 4.27. The van der Waals surface area contributed by atoms with Crippen molar-refractivity contribution in [3.63, 3.8) is 0 Å². The number of pyridine rings is 1. The van der Waals surface area contributed by atoms with Gasteiger partial charge in [-0.1, -0.05) is 0 Å². The summed E-state index contributed by atoms with van der Waals surface area (Å²) in [4.78, 5) is 14.9. The van der Waals surface area contributed by atoms with E-state index in [1.54, 1.807) is 12.1 Å². The number of hydrogen-bond acceptors (Lipinski definition) is 4. The van der Waals surface area contributed by atoms with Crippen LogP contribution in [0, 0.1) is 0 Å². The van der Waals surface area contributed by atoms with Crippen molar-refractivity contribution in [2.75, 3.05) is 10.0 Å². The van der Waals surface area contributed by atoms with Gasteiger partial charge in [0.2, 0.25) is 5.91 Å². The molecule has 8 heteroatoms. The number of rotatable bonds is 4. The van der Waals surface area contributed by atoms with Crippen LogP contribution in [0.15, 0.2) is 52.0 Å². The van der Waals surface area contributed by atoms with E-state index in [-0.39, 0.29) is 16.6 Å². The molecule has 1 heterocycles. The summed E-state index contributed by atoms with van der Waals surface area (Å²) in [5.41, 5.74) is 0.531. The number of nitrogens with one attached hydrogen (secondary N) is 2. The Morgan fingerprint density at radius 1 is 1.14 bits per heavy atom. The molecule has 0 saturated carbocycles. The molecule has 1 amide bonds. The number of anilines is 2. The lowest BCUT2D eigenvalue weighted by molar-refractivity contribution is -0.114. The molecule has 2 N–H and O–H groups in total. The SMILES string of the molecule is CC(=O)Nc1ccc(S(=O)(=O)Nc2ccc(Br)cn2)cc1. The molecule has 1 aromatic heterocycles. The topological polar surface area (TPSA) is 88.2 Å². The lowest BCUT2D eigenvalue weighted by Crippen LogP contribution is -2.14. The van der Waals surface area contributed by atoms with Crippen molar-refractivity contribution in [1.82, 2.24) is 4.98 Å². The maximum absolute atomic E-state index is 12.2. The van der Waals surface area contributed by atoms with Crippen LogP contribution in [0.1, 0.15) is 6.92 Å². The fourth-order valence-electron chi connectivity index (χ4n) is 1.55. The van der Waals surface area contributed by atoms with Gasteiger partial charge in [-0.15, -0.1) is 0 Å². The quantitative estimate of drug-likeness (QED) is 0.866. The van der Waals surface area contributed by atoms with E-state index >= 15 is 0 Å². The van der Waals surface area contributed by atoms with Gasteiger partial charge >= 0.3 is 0 Å². The van der Waals surface area contributed by atoms with Crippen molar-refractivity contribution < 1.29 is 13.2 Å². The minimum Gasteiger partial charge on any atom is -0.326 e. The molecule has 0 aliphatic carbocycles. The van der Waals surface area contributed by atoms with Gasteiger partial charge in [-0.3, -0.25) is 9.52 Å². The molecule has 0 bridgehead atoms. The summed E-state index contributed by atoms with van der Waals surface area (Å²) >= 11 is 3.22. The number of aromatic nitrogens is 1. The highest BCUT2D eigenvalue weighted by molar-refractivity contribution is 9.10. The normalized spacial score (nSPS) is 11.0. The van der Waals surface area contributed by atoms with Crippen molar-refractivity contribution in [2.24, 2.45) is 0 Å². The van der Waals surface area contributed by atoms with Crippen molar-refractivity contribution in [1.29, 1.82) is 0 Å². The largest absolute Gasteiger partial charge is 0.326 e. The number of nitrogens with zero attached hydrogens (tertiary/aromatic N) is 1. The monoisotopic (exact) mass is 369 g/mol. The van der Waals surface area contributed by atoms with Gasteiger partial charge < -0.3 is 5.32 Å². The number of carbonyl (C=O) groups is 1. The molecular weight excluding hydrogens is 358 g/mol. The Kier molecular flexibility index (Phi) is 4.59. The number of benzene rings is 1. The van der Waals surface area contributed by atoms with Gasteiger partial charge in [0.05, 0.1) is 4.90 Å². The van der Waals surface area contributed by atoms with E-state index in [4.69, 9.17) is 0 Å². The van der Waals surface area contributed by atoms with E-state index < -0.39 is 10.0 Å². The maximum atomic E-state index is 12.2. The van der Waals surface area contributed by atoms with Gasteiger partial charge in [-0.05, 0) is 52.3 Å². The third-order valence-electron chi connectivity index (χ3n) is 2.45. The molecule has 2 rings (SSSR count). The van der Waals surface area contributed by atoms with Gasteiger partial charge in [0.1, 0.15) is 5.82 Å². The molecule has 0 spiro atoms. The van der Waals surface area contributed by atoms with Crippen molar-refractivity contribution in [3.05, 3.63) is 47.1 Å². The number of halogens is 1. The summed E-state index contributed by atoms with van der Waals surface area (Å²) in [6.07, 6.45) is 1.50. The zero-order valence-corrected chi connectivity index (χ0v) is 13.4. The second-order valence-electron chi connectivity index (χ2n) is 4.17. The average molecular weight is 370 g/mol. The Bertz CT molecular complexity index is 743. The fraction of sp³-hybridized carbons (Fsp3) is 0.0769. The molecule has 2 aromatic rings. The summed E-state index contributed by atoms with van der Waals surface area (Å²) in [5, 5.41) is 2.57. The lowest BCUT2D eigenvalue weighted by Gasteiger charge is -2.08. The van der Waals surface area contributed by atoms with Crippen LogP contribution >= 0.6 is 15.9 Å². The number of sulfonamides is 1. The molecule has 0 fully saturated rings. The lowest BCUT2D eigenvalue weighted by atomic mass is 10.3. The first-order chi connectivity index (χ1) is 9.87. The van der Waals surface area contributed by atoms with Gasteiger partial charge in [-0.2, -0.15) is 0 Å². The maximum Gasteiger partial charge on any atom is 0.263 e. The zero-order chi connectivity index (χ0) is 15.5. The summed E-state index contributed by atoms with van der Waals surface area (Å²) in [6.45, 7) is 1.38. The molecule has 0 radical (unpaired) electrons. The first-order valence-corrected chi connectivity index (χ1v) is 8.16. The summed E-state index contributed by atoms with van der Waals surface area (Å²) in [6, 6.07) is 9.09. The van der Waals surface area contributed by atoms with E-state index in [9.17, 15) is 13.2 Å². The highest BCUT2D eigenvalue weighted by atomic mass is 79.9. The van der Waals surface area contributed by atoms with Gasteiger partial charge in [0.25, 0.3) is 10.0 Å². The van der Waals surface area contributed by atoms with E-state index in [0.29, 0.717) is 5.69 Å². The first kappa shape index (κ1) is 15.5. The zero-order valence-electron chi connectivity index (χ0n) is 11.0. The summed E-state index contributed by atoms with van der Waals surface area (Å²) in [7, 11) is -3.71. The van der Waals surface area contributed by atoms with Gasteiger partial charge in [0.15, 0.2) is 0 Å². The van der Waals surface area contributed by atoms with Crippen LogP contribution in [0.25, 0.3) is 0 Å². The molecule has 1 aromatic carbocycles. The molecule has 0 aliphatic rings. The Hall–Kier alpha value is -1.93. The standard InChI is InChI=1S/C13H12BrN3O3S/c1-9(18)16-11-3-5-12(6-4-11)21(19,20)17-13-7-2-10(14)8-15-13/h2-8H,1H3,(H,15,17)(H,16,18). The second kappa shape index (κ2) is 6.23. The summed E-state index contributed by atoms with van der Waals surface area (Å²) < 4.78 is 27.5. The van der Waals surface area contributed by atoms with Crippen LogP contribution in [0.3, 0.4) is 0 Å². The average Bonchev–Trinajstić information content (AvgIpc) is 2.41. The van der Waals surface area contributed by atoms with Crippen molar-refractivity contribution >= 4 is 43.4 Å². The van der Waals surface area contributed by atoms with E-state index in [0.717, 1.165) is 4.47 Å². The van der Waals surface area contributed by atoms with Gasteiger partial charge in [0, 0.05) is 23.3 Å². The summed E-state index contributed by atoms with van der Waals surface area (Å²) in [5.74, 6) is 0.00642. The van der Waals surface area contributed by atoms with E-state index in [2.05, 4.69) is 31.0 Å². The minimum absolute atomic E-state index is 0.0846. The molecular formula is C13H12BrN3O3S. The Morgan fingerprint density at radius 2 is 1.81 bits per heavy atom. The van der Waals surface area contributed by atoms with Crippen LogP contribution < -0.4 is 10.0 Å². The van der Waals surface area contributed by atoms with E-state index in [1.807, 2.05) is 0 Å². The second-order valence-corrected chi connectivity index (χ2v) is 6.77. The van der Waals surface area contributed by atoms with Crippen LogP contribution in [-0.4, -0.2) is 19.3 Å².